The lowest BCUT2D eigenvalue weighted by molar-refractivity contribution is -0.135. The highest BCUT2D eigenvalue weighted by molar-refractivity contribution is 6.38. The first kappa shape index (κ1) is 22.7. The summed E-state index contributed by atoms with van der Waals surface area (Å²) < 4.78 is 5.07. The van der Waals surface area contributed by atoms with Crippen LogP contribution in [0.3, 0.4) is 0 Å². The molecule has 2 amide bonds. The molecule has 2 aromatic carbocycles. The SMILES string of the molecule is CCOC(=O)C1=NN(c2ccccc2)C(C(=O)Nc2cccc(NC(=O)c3ccncc3)c2)C1. The Balaban J connectivity index is 1.49. The summed E-state index contributed by atoms with van der Waals surface area (Å²) in [6.45, 7) is 1.94. The molecule has 1 atom stereocenters. The molecule has 1 aromatic heterocycles. The minimum atomic E-state index is -0.739. The Kier molecular flexibility index (Phi) is 6.92. The van der Waals surface area contributed by atoms with Crippen LogP contribution in [0.25, 0.3) is 0 Å². The van der Waals surface area contributed by atoms with Gasteiger partial charge in [-0.1, -0.05) is 24.3 Å². The number of nitrogens with one attached hydrogen (secondary N) is 2. The monoisotopic (exact) mass is 457 g/mol. The summed E-state index contributed by atoms with van der Waals surface area (Å²) in [4.78, 5) is 41.8. The van der Waals surface area contributed by atoms with E-state index < -0.39 is 12.0 Å². The quantitative estimate of drug-likeness (QED) is 0.526. The van der Waals surface area contributed by atoms with E-state index in [-0.39, 0.29) is 30.6 Å². The number of benzene rings is 2. The fraction of sp³-hybridized carbons (Fsp3) is 0.160. The largest absolute Gasteiger partial charge is 0.461 e. The minimum absolute atomic E-state index is 0.109. The second-order valence-electron chi connectivity index (χ2n) is 7.43. The van der Waals surface area contributed by atoms with Crippen molar-refractivity contribution in [2.45, 2.75) is 19.4 Å². The molecule has 0 saturated heterocycles. The molecule has 9 heteroatoms. The molecule has 1 aliphatic heterocycles. The summed E-state index contributed by atoms with van der Waals surface area (Å²) in [5.74, 6) is -1.17. The van der Waals surface area contributed by atoms with Crippen LogP contribution in [0.4, 0.5) is 17.1 Å². The number of carbonyl (C=O) groups is 3. The van der Waals surface area contributed by atoms with Gasteiger partial charge >= 0.3 is 5.97 Å². The zero-order chi connectivity index (χ0) is 23.9. The second kappa shape index (κ2) is 10.4. The number of nitrogens with zero attached hydrogens (tertiary/aromatic N) is 3. The lowest BCUT2D eigenvalue weighted by Gasteiger charge is -2.22. The first-order valence-electron chi connectivity index (χ1n) is 10.8. The minimum Gasteiger partial charge on any atom is -0.461 e. The third-order valence-electron chi connectivity index (χ3n) is 5.08. The number of pyridine rings is 1. The van der Waals surface area contributed by atoms with E-state index in [1.807, 2.05) is 30.3 Å². The van der Waals surface area contributed by atoms with E-state index in [1.54, 1.807) is 43.3 Å². The highest BCUT2D eigenvalue weighted by Gasteiger charge is 2.36. The predicted molar refractivity (Wildman–Crippen MR) is 129 cm³/mol. The van der Waals surface area contributed by atoms with Gasteiger partial charge in [-0.15, -0.1) is 0 Å². The van der Waals surface area contributed by atoms with Crippen molar-refractivity contribution in [1.29, 1.82) is 0 Å². The van der Waals surface area contributed by atoms with Gasteiger partial charge in [0.05, 0.1) is 12.3 Å². The number of amides is 2. The zero-order valence-corrected chi connectivity index (χ0v) is 18.5. The number of rotatable bonds is 7. The van der Waals surface area contributed by atoms with E-state index in [4.69, 9.17) is 4.74 Å². The van der Waals surface area contributed by atoms with Gasteiger partial charge in [-0.2, -0.15) is 5.10 Å². The smallest absolute Gasteiger partial charge is 0.354 e. The summed E-state index contributed by atoms with van der Waals surface area (Å²) in [5, 5.41) is 11.5. The maximum Gasteiger partial charge on any atom is 0.354 e. The Morgan fingerprint density at radius 3 is 2.38 bits per heavy atom. The molecule has 2 N–H and O–H groups in total. The Bertz CT molecular complexity index is 1210. The maximum atomic E-state index is 13.2. The van der Waals surface area contributed by atoms with Crippen LogP contribution in [0.2, 0.25) is 0 Å². The van der Waals surface area contributed by atoms with E-state index in [0.717, 1.165) is 0 Å². The number of hydrazone groups is 1. The average molecular weight is 457 g/mol. The number of carbonyl (C=O) groups excluding carboxylic acids is 3. The molecule has 34 heavy (non-hydrogen) atoms. The number of hydrogen-bond donors (Lipinski definition) is 2. The molecular weight excluding hydrogens is 434 g/mol. The van der Waals surface area contributed by atoms with Gasteiger partial charge in [0.25, 0.3) is 5.91 Å². The molecule has 1 unspecified atom stereocenters. The molecule has 9 nitrogen and oxygen atoms in total. The van der Waals surface area contributed by atoms with Crippen molar-refractivity contribution >= 4 is 40.6 Å². The van der Waals surface area contributed by atoms with Crippen molar-refractivity contribution in [3.05, 3.63) is 84.7 Å². The van der Waals surface area contributed by atoms with Crippen LogP contribution in [0, 0.1) is 0 Å². The van der Waals surface area contributed by atoms with Crippen LogP contribution in [-0.4, -0.2) is 41.1 Å². The summed E-state index contributed by atoms with van der Waals surface area (Å²) in [6, 6.07) is 18.5. The van der Waals surface area contributed by atoms with E-state index in [9.17, 15) is 14.4 Å². The lowest BCUT2D eigenvalue weighted by atomic mass is 10.1. The van der Waals surface area contributed by atoms with Crippen LogP contribution in [0.5, 0.6) is 0 Å². The summed E-state index contributed by atoms with van der Waals surface area (Å²) in [7, 11) is 0. The molecular formula is C25H23N5O4. The second-order valence-corrected chi connectivity index (χ2v) is 7.43. The molecule has 1 aliphatic rings. The predicted octanol–water partition coefficient (Wildman–Crippen LogP) is 3.47. The van der Waals surface area contributed by atoms with Crippen molar-refractivity contribution in [2.75, 3.05) is 22.2 Å². The molecule has 0 fully saturated rings. The molecule has 0 saturated carbocycles. The van der Waals surface area contributed by atoms with E-state index in [1.165, 1.54) is 17.4 Å². The average Bonchev–Trinajstić information content (AvgIpc) is 3.31. The normalized spacial score (nSPS) is 14.8. The summed E-state index contributed by atoms with van der Waals surface area (Å²) >= 11 is 0. The standard InChI is InChI=1S/C25H23N5O4/c1-2-34-25(33)21-16-22(30(29-21)20-9-4-3-5-10-20)24(32)28-19-8-6-7-18(15-19)27-23(31)17-11-13-26-14-12-17/h3-15,22H,2,16H2,1H3,(H,27,31)(H,28,32). The van der Waals surface area contributed by atoms with Gasteiger partial charge in [0, 0.05) is 35.8 Å². The van der Waals surface area contributed by atoms with Gasteiger partial charge in [-0.25, -0.2) is 4.79 Å². The number of aromatic nitrogens is 1. The molecule has 4 rings (SSSR count). The maximum absolute atomic E-state index is 13.2. The van der Waals surface area contributed by atoms with Crippen LogP contribution < -0.4 is 15.6 Å². The highest BCUT2D eigenvalue weighted by Crippen LogP contribution is 2.26. The Morgan fingerprint density at radius 1 is 0.971 bits per heavy atom. The van der Waals surface area contributed by atoms with E-state index in [0.29, 0.717) is 22.6 Å². The molecule has 0 bridgehead atoms. The third kappa shape index (κ3) is 5.26. The molecule has 172 valence electrons. The van der Waals surface area contributed by atoms with E-state index >= 15 is 0 Å². The molecule has 0 radical (unpaired) electrons. The summed E-state index contributed by atoms with van der Waals surface area (Å²) in [6.07, 6.45) is 3.19. The van der Waals surface area contributed by atoms with Gasteiger partial charge in [-0.3, -0.25) is 19.6 Å². The van der Waals surface area contributed by atoms with Gasteiger partial charge in [0.2, 0.25) is 5.91 Å². The van der Waals surface area contributed by atoms with Gasteiger partial charge in [0.1, 0.15) is 11.8 Å². The van der Waals surface area contributed by atoms with Crippen molar-refractivity contribution in [2.24, 2.45) is 5.10 Å². The molecule has 0 aliphatic carbocycles. The first-order valence-corrected chi connectivity index (χ1v) is 10.8. The van der Waals surface area contributed by atoms with Gasteiger partial charge < -0.3 is 15.4 Å². The topological polar surface area (TPSA) is 113 Å². The molecule has 3 aromatic rings. The van der Waals surface area contributed by atoms with Crippen molar-refractivity contribution in [3.8, 4) is 0 Å². The summed E-state index contributed by atoms with van der Waals surface area (Å²) in [5.41, 5.74) is 2.35. The van der Waals surface area contributed by atoms with Crippen LogP contribution >= 0.6 is 0 Å². The Labute approximate surface area is 196 Å². The fourth-order valence-electron chi connectivity index (χ4n) is 3.48. The Hall–Kier alpha value is -4.53. The molecule has 2 heterocycles. The van der Waals surface area contributed by atoms with Crippen LogP contribution in [0.1, 0.15) is 23.7 Å². The number of ether oxygens (including phenoxy) is 1. The van der Waals surface area contributed by atoms with Crippen molar-refractivity contribution in [1.82, 2.24) is 4.98 Å². The zero-order valence-electron chi connectivity index (χ0n) is 18.5. The Morgan fingerprint density at radius 2 is 1.68 bits per heavy atom. The third-order valence-corrected chi connectivity index (χ3v) is 5.08. The van der Waals surface area contributed by atoms with Gasteiger partial charge in [-0.05, 0) is 49.4 Å². The number of anilines is 3. The lowest BCUT2D eigenvalue weighted by Crippen LogP contribution is -2.38. The number of hydrogen-bond acceptors (Lipinski definition) is 7. The number of para-hydroxylation sites is 1. The highest BCUT2D eigenvalue weighted by atomic mass is 16.5. The van der Waals surface area contributed by atoms with Gasteiger partial charge in [0.15, 0.2) is 0 Å². The number of esters is 1. The first-order chi connectivity index (χ1) is 16.5. The van der Waals surface area contributed by atoms with Crippen LogP contribution in [0.15, 0.2) is 84.2 Å². The van der Waals surface area contributed by atoms with Crippen molar-refractivity contribution < 1.29 is 19.1 Å². The van der Waals surface area contributed by atoms with E-state index in [2.05, 4.69) is 20.7 Å². The molecule has 0 spiro atoms. The van der Waals surface area contributed by atoms with Crippen molar-refractivity contribution in [3.63, 3.8) is 0 Å². The van der Waals surface area contributed by atoms with Crippen LogP contribution in [-0.2, 0) is 14.3 Å². The fourth-order valence-corrected chi connectivity index (χ4v) is 3.48.